The van der Waals surface area contributed by atoms with Crippen LogP contribution in [0.3, 0.4) is 0 Å². The Morgan fingerprint density at radius 2 is 1.84 bits per heavy atom. The van der Waals surface area contributed by atoms with Gasteiger partial charge in [0.25, 0.3) is 0 Å². The Kier molecular flexibility index (Phi) is 7.20. The molecule has 168 valence electrons. The molecule has 0 bridgehead atoms. The summed E-state index contributed by atoms with van der Waals surface area (Å²) in [4.78, 5) is 39.5. The van der Waals surface area contributed by atoms with Gasteiger partial charge >= 0.3 is 18.0 Å². The van der Waals surface area contributed by atoms with Crippen molar-refractivity contribution in [1.29, 1.82) is 0 Å². The summed E-state index contributed by atoms with van der Waals surface area (Å²) in [6.07, 6.45) is -0.328. The van der Waals surface area contributed by atoms with E-state index in [2.05, 4.69) is 5.32 Å². The van der Waals surface area contributed by atoms with Crippen molar-refractivity contribution in [3.8, 4) is 0 Å². The van der Waals surface area contributed by atoms with Crippen LogP contribution in [0.4, 0.5) is 4.79 Å². The first-order chi connectivity index (χ1) is 15.2. The van der Waals surface area contributed by atoms with Crippen molar-refractivity contribution >= 4 is 29.6 Å². The average molecular weight is 457 g/mol. The second kappa shape index (κ2) is 9.87. The average Bonchev–Trinajstić information content (AvgIpc) is 2.74. The molecule has 7 nitrogen and oxygen atoms in total. The quantitative estimate of drug-likeness (QED) is 0.641. The van der Waals surface area contributed by atoms with Gasteiger partial charge in [0.15, 0.2) is 0 Å². The molecule has 0 saturated carbocycles. The molecule has 3 rings (SSSR count). The van der Waals surface area contributed by atoms with Crippen molar-refractivity contribution in [1.82, 2.24) is 10.2 Å². The number of halogens is 1. The first-order valence-electron chi connectivity index (χ1n) is 10.1. The zero-order chi connectivity index (χ0) is 23.4. The number of carbonyl (C=O) groups is 3. The predicted octanol–water partition coefficient (Wildman–Crippen LogP) is 4.62. The molecular formula is C24H25ClN2O5. The second-order valence-electron chi connectivity index (χ2n) is 7.70. The van der Waals surface area contributed by atoms with E-state index in [4.69, 9.17) is 21.1 Å². The highest BCUT2D eigenvalue weighted by Crippen LogP contribution is 2.36. The lowest BCUT2D eigenvalue weighted by Gasteiger charge is -2.38. The standard InChI is InChI=1S/C24H25ClN2O5/c1-14(2)32-23(29)20-15(3)26-24(30)27(21(20)17-8-6-10-19(25)12-17)13-16-7-5-9-18(11-16)22(28)31-4/h5-12,14,21H,13H2,1-4H3,(H,26,30). The topological polar surface area (TPSA) is 84.9 Å². The number of benzene rings is 2. The van der Waals surface area contributed by atoms with Gasteiger partial charge in [-0.15, -0.1) is 0 Å². The Morgan fingerprint density at radius 1 is 1.12 bits per heavy atom. The van der Waals surface area contributed by atoms with Crippen molar-refractivity contribution in [3.63, 3.8) is 0 Å². The fraction of sp³-hybridized carbons (Fsp3) is 0.292. The van der Waals surface area contributed by atoms with E-state index in [1.54, 1.807) is 63.2 Å². The number of rotatable bonds is 6. The van der Waals surface area contributed by atoms with Crippen LogP contribution in [0, 0.1) is 0 Å². The Hall–Kier alpha value is -3.32. The highest BCUT2D eigenvalue weighted by Gasteiger charge is 2.39. The van der Waals surface area contributed by atoms with Gasteiger partial charge in [0.1, 0.15) is 0 Å². The van der Waals surface area contributed by atoms with Gasteiger partial charge in [-0.05, 0) is 56.2 Å². The third kappa shape index (κ3) is 5.11. The van der Waals surface area contributed by atoms with E-state index in [1.807, 2.05) is 6.07 Å². The number of urea groups is 1. The van der Waals surface area contributed by atoms with E-state index in [1.165, 1.54) is 12.0 Å². The van der Waals surface area contributed by atoms with Crippen LogP contribution < -0.4 is 5.32 Å². The first-order valence-corrected chi connectivity index (χ1v) is 10.5. The van der Waals surface area contributed by atoms with Crippen LogP contribution >= 0.6 is 11.6 Å². The minimum absolute atomic E-state index is 0.138. The summed E-state index contributed by atoms with van der Waals surface area (Å²) in [5.74, 6) is -0.992. The normalized spacial score (nSPS) is 16.1. The number of carbonyl (C=O) groups excluding carboxylic acids is 3. The number of nitrogens with one attached hydrogen (secondary N) is 1. The number of ether oxygens (including phenoxy) is 2. The van der Waals surface area contributed by atoms with Gasteiger partial charge in [0, 0.05) is 17.3 Å². The molecule has 1 aliphatic rings. The van der Waals surface area contributed by atoms with E-state index in [-0.39, 0.29) is 18.7 Å². The molecule has 0 saturated heterocycles. The van der Waals surface area contributed by atoms with Crippen molar-refractivity contribution in [2.45, 2.75) is 39.5 Å². The zero-order valence-electron chi connectivity index (χ0n) is 18.3. The molecular weight excluding hydrogens is 432 g/mol. The molecule has 8 heteroatoms. The molecule has 1 N–H and O–H groups in total. The molecule has 2 amide bonds. The molecule has 1 unspecified atom stereocenters. The van der Waals surface area contributed by atoms with Crippen LogP contribution in [-0.4, -0.2) is 36.1 Å². The minimum Gasteiger partial charge on any atom is -0.465 e. The number of hydrogen-bond donors (Lipinski definition) is 1. The van der Waals surface area contributed by atoms with Crippen molar-refractivity contribution in [2.75, 3.05) is 7.11 Å². The fourth-order valence-corrected chi connectivity index (χ4v) is 3.82. The third-order valence-corrected chi connectivity index (χ3v) is 5.21. The van der Waals surface area contributed by atoms with Gasteiger partial charge < -0.3 is 19.7 Å². The molecule has 0 fully saturated rings. The van der Waals surface area contributed by atoms with E-state index < -0.39 is 18.0 Å². The molecule has 1 aliphatic heterocycles. The van der Waals surface area contributed by atoms with Crippen LogP contribution in [0.5, 0.6) is 0 Å². The molecule has 1 atom stereocenters. The van der Waals surface area contributed by atoms with Crippen LogP contribution in [0.1, 0.15) is 48.3 Å². The summed E-state index contributed by atoms with van der Waals surface area (Å²) in [6, 6.07) is 12.7. The monoisotopic (exact) mass is 456 g/mol. The molecule has 0 aliphatic carbocycles. The lowest BCUT2D eigenvalue weighted by molar-refractivity contribution is -0.143. The van der Waals surface area contributed by atoms with Crippen molar-refractivity contribution in [3.05, 3.63) is 81.5 Å². The number of esters is 2. The number of allylic oxidation sites excluding steroid dienone is 1. The van der Waals surface area contributed by atoms with Gasteiger partial charge in [0.05, 0.1) is 30.4 Å². The number of nitrogens with zero attached hydrogens (tertiary/aromatic N) is 1. The highest BCUT2D eigenvalue weighted by atomic mass is 35.5. The molecule has 2 aromatic carbocycles. The number of amides is 2. The van der Waals surface area contributed by atoms with Crippen LogP contribution in [0.25, 0.3) is 0 Å². The van der Waals surface area contributed by atoms with E-state index in [9.17, 15) is 14.4 Å². The molecule has 2 aromatic rings. The lowest BCUT2D eigenvalue weighted by Crippen LogP contribution is -2.48. The predicted molar refractivity (Wildman–Crippen MR) is 120 cm³/mol. The van der Waals surface area contributed by atoms with E-state index in [0.29, 0.717) is 33.0 Å². The maximum Gasteiger partial charge on any atom is 0.338 e. The number of methoxy groups -OCH3 is 1. The molecule has 0 aromatic heterocycles. The van der Waals surface area contributed by atoms with Crippen molar-refractivity contribution < 1.29 is 23.9 Å². The van der Waals surface area contributed by atoms with Crippen LogP contribution in [0.2, 0.25) is 5.02 Å². The highest BCUT2D eigenvalue weighted by molar-refractivity contribution is 6.30. The molecule has 0 radical (unpaired) electrons. The zero-order valence-corrected chi connectivity index (χ0v) is 19.1. The Labute approximate surface area is 191 Å². The molecule has 1 heterocycles. The summed E-state index contributed by atoms with van der Waals surface area (Å²) in [6.45, 7) is 5.33. The van der Waals surface area contributed by atoms with Crippen LogP contribution in [0.15, 0.2) is 59.8 Å². The maximum absolute atomic E-state index is 13.0. The van der Waals surface area contributed by atoms with Gasteiger partial charge in [-0.3, -0.25) is 0 Å². The third-order valence-electron chi connectivity index (χ3n) is 4.97. The van der Waals surface area contributed by atoms with E-state index in [0.717, 1.165) is 0 Å². The number of hydrogen-bond acceptors (Lipinski definition) is 5. The van der Waals surface area contributed by atoms with Gasteiger partial charge in [-0.1, -0.05) is 35.9 Å². The van der Waals surface area contributed by atoms with E-state index >= 15 is 0 Å². The van der Waals surface area contributed by atoms with Crippen molar-refractivity contribution in [2.24, 2.45) is 0 Å². The summed E-state index contributed by atoms with van der Waals surface area (Å²) < 4.78 is 10.3. The Balaban J connectivity index is 2.08. The van der Waals surface area contributed by atoms with Gasteiger partial charge in [0.2, 0.25) is 0 Å². The Morgan fingerprint density at radius 3 is 2.50 bits per heavy atom. The van der Waals surface area contributed by atoms with Gasteiger partial charge in [-0.2, -0.15) is 0 Å². The largest absolute Gasteiger partial charge is 0.465 e. The lowest BCUT2D eigenvalue weighted by atomic mass is 9.93. The fourth-order valence-electron chi connectivity index (χ4n) is 3.62. The summed E-state index contributed by atoms with van der Waals surface area (Å²) >= 11 is 6.23. The maximum atomic E-state index is 13.0. The minimum atomic E-state index is -0.726. The summed E-state index contributed by atoms with van der Waals surface area (Å²) in [5, 5.41) is 3.24. The smallest absolute Gasteiger partial charge is 0.338 e. The Bertz CT molecular complexity index is 1080. The summed E-state index contributed by atoms with van der Waals surface area (Å²) in [5.41, 5.74) is 2.49. The van der Waals surface area contributed by atoms with Gasteiger partial charge in [-0.25, -0.2) is 14.4 Å². The summed E-state index contributed by atoms with van der Waals surface area (Å²) in [7, 11) is 1.31. The van der Waals surface area contributed by atoms with Crippen LogP contribution in [-0.2, 0) is 20.8 Å². The molecule has 0 spiro atoms. The second-order valence-corrected chi connectivity index (χ2v) is 8.14. The molecule has 32 heavy (non-hydrogen) atoms. The first kappa shape index (κ1) is 23.3. The SMILES string of the molecule is COC(=O)c1cccc(CN2C(=O)NC(C)=C(C(=O)OC(C)C)C2c2cccc(Cl)c2)c1.